The maximum atomic E-state index is 11.2. The van der Waals surface area contributed by atoms with Crippen LogP contribution in [0.25, 0.3) is 0 Å². The number of nitrogens with one attached hydrogen (secondary N) is 1. The summed E-state index contributed by atoms with van der Waals surface area (Å²) in [6, 6.07) is 7.56. The first-order valence-electron chi connectivity index (χ1n) is 5.66. The first-order chi connectivity index (χ1) is 7.77. The molecule has 0 fully saturated rings. The van der Waals surface area contributed by atoms with Crippen LogP contribution in [0, 0.1) is 0 Å². The summed E-state index contributed by atoms with van der Waals surface area (Å²) in [7, 11) is 1.39. The third kappa shape index (κ3) is 4.03. The number of esters is 1. The van der Waals surface area contributed by atoms with Crippen LogP contribution in [0.2, 0.25) is 0 Å². The maximum absolute atomic E-state index is 11.2. The van der Waals surface area contributed by atoms with Crippen molar-refractivity contribution in [2.24, 2.45) is 0 Å². The number of ether oxygens (including phenoxy) is 1. The van der Waals surface area contributed by atoms with Crippen LogP contribution in [0.15, 0.2) is 24.3 Å². The molecule has 1 rings (SSSR count). The molecular formula is C13H19NO2. The Morgan fingerprint density at radius 1 is 1.25 bits per heavy atom. The van der Waals surface area contributed by atoms with E-state index in [-0.39, 0.29) is 5.97 Å². The SMILES string of the molecule is CCCNCCc1ccc(C(=O)OC)cc1. The number of methoxy groups -OCH3 is 1. The quantitative estimate of drug-likeness (QED) is 0.590. The standard InChI is InChI=1S/C13H19NO2/c1-3-9-14-10-8-11-4-6-12(7-5-11)13(15)16-2/h4-7,14H,3,8-10H2,1-2H3. The molecule has 1 aromatic rings. The number of hydrogen-bond donors (Lipinski definition) is 1. The van der Waals surface area contributed by atoms with Crippen molar-refractivity contribution in [1.29, 1.82) is 0 Å². The van der Waals surface area contributed by atoms with Crippen molar-refractivity contribution in [3.05, 3.63) is 35.4 Å². The van der Waals surface area contributed by atoms with E-state index in [1.165, 1.54) is 12.7 Å². The highest BCUT2D eigenvalue weighted by Gasteiger charge is 2.03. The number of carbonyl (C=O) groups excluding carboxylic acids is 1. The predicted molar refractivity (Wildman–Crippen MR) is 64.6 cm³/mol. The van der Waals surface area contributed by atoms with E-state index in [0.29, 0.717) is 5.56 Å². The summed E-state index contributed by atoms with van der Waals surface area (Å²) >= 11 is 0. The van der Waals surface area contributed by atoms with E-state index in [4.69, 9.17) is 0 Å². The van der Waals surface area contributed by atoms with Crippen LogP contribution in [0.1, 0.15) is 29.3 Å². The van der Waals surface area contributed by atoms with Gasteiger partial charge in [-0.05, 0) is 43.6 Å². The molecule has 0 atom stereocenters. The molecule has 1 aromatic carbocycles. The van der Waals surface area contributed by atoms with Gasteiger partial charge in [-0.25, -0.2) is 4.79 Å². The third-order valence-electron chi connectivity index (χ3n) is 2.39. The summed E-state index contributed by atoms with van der Waals surface area (Å²) in [6.45, 7) is 4.18. The molecule has 0 saturated carbocycles. The molecule has 16 heavy (non-hydrogen) atoms. The molecular weight excluding hydrogens is 202 g/mol. The smallest absolute Gasteiger partial charge is 0.337 e. The molecule has 3 nitrogen and oxygen atoms in total. The Morgan fingerprint density at radius 2 is 1.94 bits per heavy atom. The third-order valence-corrected chi connectivity index (χ3v) is 2.39. The zero-order valence-electron chi connectivity index (χ0n) is 9.95. The number of carbonyl (C=O) groups is 1. The van der Waals surface area contributed by atoms with Crippen LogP contribution in [0.5, 0.6) is 0 Å². The first kappa shape index (κ1) is 12.7. The Bertz CT molecular complexity index is 319. The summed E-state index contributed by atoms with van der Waals surface area (Å²) < 4.78 is 4.64. The van der Waals surface area contributed by atoms with E-state index in [2.05, 4.69) is 17.0 Å². The van der Waals surface area contributed by atoms with Crippen LogP contribution >= 0.6 is 0 Å². The second-order valence-corrected chi connectivity index (χ2v) is 3.69. The van der Waals surface area contributed by atoms with E-state index in [9.17, 15) is 4.79 Å². The Balaban J connectivity index is 2.42. The molecule has 0 bridgehead atoms. The van der Waals surface area contributed by atoms with Crippen molar-refractivity contribution in [1.82, 2.24) is 5.32 Å². The topological polar surface area (TPSA) is 38.3 Å². The molecule has 3 heteroatoms. The Labute approximate surface area is 96.8 Å². The van der Waals surface area contributed by atoms with Gasteiger partial charge < -0.3 is 10.1 Å². The second kappa shape index (κ2) is 7.01. The highest BCUT2D eigenvalue weighted by atomic mass is 16.5. The van der Waals surface area contributed by atoms with Crippen molar-refractivity contribution in [3.8, 4) is 0 Å². The van der Waals surface area contributed by atoms with Crippen LogP contribution in [-0.2, 0) is 11.2 Å². The lowest BCUT2D eigenvalue weighted by Crippen LogP contribution is -2.17. The monoisotopic (exact) mass is 221 g/mol. The lowest BCUT2D eigenvalue weighted by atomic mass is 10.1. The molecule has 0 saturated heterocycles. The van der Waals surface area contributed by atoms with Crippen molar-refractivity contribution in [3.63, 3.8) is 0 Å². The van der Waals surface area contributed by atoms with Gasteiger partial charge in [0.25, 0.3) is 0 Å². The minimum atomic E-state index is -0.282. The molecule has 0 aromatic heterocycles. The van der Waals surface area contributed by atoms with Gasteiger partial charge >= 0.3 is 5.97 Å². The van der Waals surface area contributed by atoms with E-state index < -0.39 is 0 Å². The van der Waals surface area contributed by atoms with Gasteiger partial charge in [0.2, 0.25) is 0 Å². The summed E-state index contributed by atoms with van der Waals surface area (Å²) in [5.74, 6) is -0.282. The van der Waals surface area contributed by atoms with Crippen molar-refractivity contribution < 1.29 is 9.53 Å². The van der Waals surface area contributed by atoms with Crippen molar-refractivity contribution in [2.75, 3.05) is 20.2 Å². The van der Waals surface area contributed by atoms with Crippen LogP contribution < -0.4 is 5.32 Å². The molecule has 0 spiro atoms. The predicted octanol–water partition coefficient (Wildman–Crippen LogP) is 2.02. The van der Waals surface area contributed by atoms with Gasteiger partial charge in [0.15, 0.2) is 0 Å². The molecule has 88 valence electrons. The van der Waals surface area contributed by atoms with Gasteiger partial charge in [-0.15, -0.1) is 0 Å². The van der Waals surface area contributed by atoms with Gasteiger partial charge in [0.1, 0.15) is 0 Å². The molecule has 0 aliphatic carbocycles. The van der Waals surface area contributed by atoms with Gasteiger partial charge in [-0.1, -0.05) is 19.1 Å². The fraction of sp³-hybridized carbons (Fsp3) is 0.462. The Hall–Kier alpha value is -1.35. The van der Waals surface area contributed by atoms with E-state index in [1.54, 1.807) is 12.1 Å². The van der Waals surface area contributed by atoms with Crippen LogP contribution in [0.3, 0.4) is 0 Å². The first-order valence-corrected chi connectivity index (χ1v) is 5.66. The minimum absolute atomic E-state index is 0.282. The second-order valence-electron chi connectivity index (χ2n) is 3.69. The molecule has 0 heterocycles. The largest absolute Gasteiger partial charge is 0.465 e. The molecule has 0 radical (unpaired) electrons. The molecule has 0 unspecified atom stereocenters. The maximum Gasteiger partial charge on any atom is 0.337 e. The molecule has 0 aliphatic rings. The lowest BCUT2D eigenvalue weighted by molar-refractivity contribution is 0.0600. The summed E-state index contributed by atoms with van der Waals surface area (Å²) in [5, 5.41) is 3.34. The number of hydrogen-bond acceptors (Lipinski definition) is 3. The fourth-order valence-corrected chi connectivity index (χ4v) is 1.46. The normalized spacial score (nSPS) is 10.1. The number of rotatable bonds is 6. The highest BCUT2D eigenvalue weighted by Crippen LogP contribution is 2.05. The van der Waals surface area contributed by atoms with Crippen LogP contribution in [0.4, 0.5) is 0 Å². The number of benzene rings is 1. The van der Waals surface area contributed by atoms with E-state index in [1.807, 2.05) is 12.1 Å². The van der Waals surface area contributed by atoms with E-state index >= 15 is 0 Å². The average molecular weight is 221 g/mol. The van der Waals surface area contributed by atoms with Gasteiger partial charge in [0.05, 0.1) is 12.7 Å². The zero-order chi connectivity index (χ0) is 11.8. The van der Waals surface area contributed by atoms with Gasteiger partial charge in [0, 0.05) is 0 Å². The Morgan fingerprint density at radius 3 is 2.50 bits per heavy atom. The van der Waals surface area contributed by atoms with Crippen molar-refractivity contribution in [2.45, 2.75) is 19.8 Å². The average Bonchev–Trinajstić information content (AvgIpc) is 2.34. The highest BCUT2D eigenvalue weighted by molar-refractivity contribution is 5.89. The fourth-order valence-electron chi connectivity index (χ4n) is 1.46. The van der Waals surface area contributed by atoms with Gasteiger partial charge in [-0.3, -0.25) is 0 Å². The molecule has 0 aliphatic heterocycles. The minimum Gasteiger partial charge on any atom is -0.465 e. The molecule has 1 N–H and O–H groups in total. The summed E-state index contributed by atoms with van der Waals surface area (Å²) in [4.78, 5) is 11.2. The summed E-state index contributed by atoms with van der Waals surface area (Å²) in [6.07, 6.45) is 2.14. The zero-order valence-corrected chi connectivity index (χ0v) is 9.95. The van der Waals surface area contributed by atoms with E-state index in [0.717, 1.165) is 25.9 Å². The Kier molecular flexibility index (Phi) is 5.57. The molecule has 0 amide bonds. The lowest BCUT2D eigenvalue weighted by Gasteiger charge is -2.04. The van der Waals surface area contributed by atoms with Crippen molar-refractivity contribution >= 4 is 5.97 Å². The van der Waals surface area contributed by atoms with Gasteiger partial charge in [-0.2, -0.15) is 0 Å². The summed E-state index contributed by atoms with van der Waals surface area (Å²) in [5.41, 5.74) is 1.84. The van der Waals surface area contributed by atoms with Crippen LogP contribution in [-0.4, -0.2) is 26.2 Å².